The number of hydrazine groups is 1. The number of nitrogens with one attached hydrogen (secondary N) is 2. The van der Waals surface area contributed by atoms with E-state index in [9.17, 15) is 19.5 Å². The molecule has 4 aromatic rings. The maximum atomic E-state index is 14.3. The second-order valence-electron chi connectivity index (χ2n) is 11.4. The summed E-state index contributed by atoms with van der Waals surface area (Å²) in [5, 5.41) is 24.8. The lowest BCUT2D eigenvalue weighted by Gasteiger charge is -2.55. The number of piperazine rings is 1. The van der Waals surface area contributed by atoms with E-state index < -0.39 is 12.2 Å². The molecule has 2 saturated heterocycles. The van der Waals surface area contributed by atoms with Gasteiger partial charge in [0.1, 0.15) is 18.0 Å². The van der Waals surface area contributed by atoms with Crippen molar-refractivity contribution < 1.29 is 19.5 Å². The standard InChI is InChI=1S/C33H37N7O4/c1-3-16-38-21-30(42)39-28(17-23-12-14-26(41)15-13-23)32(43)37(19-25-10-7-11-27-22(2)35-36-31(25)27)20-29(39)40(38)33(44)34-18-24-8-5-4-6-9-24/h4-15,28-29,41H,3,16-21H2,1-2H3,(H,34,44)(H,35,36)/t28-,29-/m0/s1. The van der Waals surface area contributed by atoms with Crippen molar-refractivity contribution in [3.8, 4) is 5.75 Å². The molecule has 2 aliphatic heterocycles. The van der Waals surface area contributed by atoms with Crippen LogP contribution in [0.3, 0.4) is 0 Å². The molecular weight excluding hydrogens is 558 g/mol. The van der Waals surface area contributed by atoms with Crippen LogP contribution in [0, 0.1) is 6.92 Å². The number of aromatic hydroxyl groups is 1. The summed E-state index contributed by atoms with van der Waals surface area (Å²) in [4.78, 5) is 45.3. The number of carbonyl (C=O) groups is 3. The second-order valence-corrected chi connectivity index (χ2v) is 11.4. The molecule has 1 aromatic heterocycles. The number of hydrogen-bond acceptors (Lipinski definition) is 6. The first-order valence-corrected chi connectivity index (χ1v) is 15.0. The van der Waals surface area contributed by atoms with Crippen LogP contribution in [0.1, 0.15) is 35.7 Å². The van der Waals surface area contributed by atoms with Crippen molar-refractivity contribution in [3.05, 3.63) is 95.2 Å². The fourth-order valence-corrected chi connectivity index (χ4v) is 6.27. The van der Waals surface area contributed by atoms with Gasteiger partial charge in [0.05, 0.1) is 24.3 Å². The first-order valence-electron chi connectivity index (χ1n) is 15.0. The number of nitrogens with zero attached hydrogens (tertiary/aromatic N) is 5. The number of hydrogen-bond donors (Lipinski definition) is 3. The van der Waals surface area contributed by atoms with E-state index in [-0.39, 0.29) is 49.7 Å². The van der Waals surface area contributed by atoms with Crippen molar-refractivity contribution in [2.75, 3.05) is 19.6 Å². The normalized spacial score (nSPS) is 19.0. The predicted octanol–water partition coefficient (Wildman–Crippen LogP) is 3.54. The van der Waals surface area contributed by atoms with E-state index in [4.69, 9.17) is 0 Å². The van der Waals surface area contributed by atoms with Crippen molar-refractivity contribution in [1.29, 1.82) is 0 Å². The lowest BCUT2D eigenvalue weighted by atomic mass is 9.98. The van der Waals surface area contributed by atoms with Crippen molar-refractivity contribution in [2.24, 2.45) is 0 Å². The SMILES string of the molecule is CCCN1CC(=O)N2[C@@H](Cc3ccc(O)cc3)C(=O)N(Cc3cccc4c(C)n[nH]c34)C[C@@H]2N1C(=O)NCc1ccccc1. The molecule has 2 atom stereocenters. The number of phenolic OH excluding ortho intramolecular Hbond substituents is 1. The summed E-state index contributed by atoms with van der Waals surface area (Å²) >= 11 is 0. The van der Waals surface area contributed by atoms with E-state index in [0.717, 1.165) is 39.7 Å². The van der Waals surface area contributed by atoms with Crippen molar-refractivity contribution in [3.63, 3.8) is 0 Å². The number of carbonyl (C=O) groups excluding carboxylic acids is 3. The smallest absolute Gasteiger partial charge is 0.334 e. The van der Waals surface area contributed by atoms with Crippen LogP contribution in [0.5, 0.6) is 5.75 Å². The molecule has 2 aliphatic rings. The summed E-state index contributed by atoms with van der Waals surface area (Å²) in [6.45, 7) is 5.22. The van der Waals surface area contributed by atoms with E-state index in [0.29, 0.717) is 13.1 Å². The van der Waals surface area contributed by atoms with Crippen LogP contribution < -0.4 is 5.32 Å². The molecule has 0 unspecified atom stereocenters. The lowest BCUT2D eigenvalue weighted by molar-refractivity contribution is -0.190. The molecule has 11 heteroatoms. The number of aromatic amines is 1. The first-order chi connectivity index (χ1) is 21.3. The Morgan fingerprint density at radius 3 is 2.55 bits per heavy atom. The second kappa shape index (κ2) is 12.4. The monoisotopic (exact) mass is 595 g/mol. The Hall–Kier alpha value is -4.90. The number of rotatable bonds is 8. The zero-order chi connectivity index (χ0) is 30.8. The highest BCUT2D eigenvalue weighted by Crippen LogP contribution is 2.31. The highest BCUT2D eigenvalue weighted by molar-refractivity contribution is 5.92. The molecule has 0 spiro atoms. The highest BCUT2D eigenvalue weighted by atomic mass is 16.3. The molecule has 3 N–H and O–H groups in total. The van der Waals surface area contributed by atoms with Crippen molar-refractivity contribution >= 4 is 28.7 Å². The van der Waals surface area contributed by atoms with Gasteiger partial charge in [-0.1, -0.05) is 67.6 Å². The van der Waals surface area contributed by atoms with Crippen molar-refractivity contribution in [1.82, 2.24) is 35.3 Å². The van der Waals surface area contributed by atoms with Crippen LogP contribution in [-0.4, -0.2) is 84.8 Å². The van der Waals surface area contributed by atoms with E-state index in [1.165, 1.54) is 0 Å². The number of amides is 4. The third-order valence-electron chi connectivity index (χ3n) is 8.41. The summed E-state index contributed by atoms with van der Waals surface area (Å²) in [5.74, 6) is -0.264. The Bertz CT molecular complexity index is 1660. The van der Waals surface area contributed by atoms with Gasteiger partial charge in [0, 0.05) is 31.4 Å². The van der Waals surface area contributed by atoms with Gasteiger partial charge in [0.2, 0.25) is 11.8 Å². The minimum Gasteiger partial charge on any atom is -0.508 e. The lowest BCUT2D eigenvalue weighted by Crippen LogP contribution is -2.76. The Kier molecular flexibility index (Phi) is 8.21. The molecule has 4 amide bonds. The number of urea groups is 1. The molecular formula is C33H37N7O4. The van der Waals surface area contributed by atoms with Crippen LogP contribution in [-0.2, 0) is 29.1 Å². The van der Waals surface area contributed by atoms with Gasteiger partial charge in [-0.2, -0.15) is 5.10 Å². The number of aryl methyl sites for hydroxylation is 1. The average Bonchev–Trinajstić information content (AvgIpc) is 3.41. The molecule has 3 heterocycles. The maximum absolute atomic E-state index is 14.3. The van der Waals surface area contributed by atoms with Gasteiger partial charge in [-0.15, -0.1) is 0 Å². The van der Waals surface area contributed by atoms with Gasteiger partial charge in [0.25, 0.3) is 0 Å². The van der Waals surface area contributed by atoms with Crippen LogP contribution in [0.25, 0.3) is 10.9 Å². The summed E-state index contributed by atoms with van der Waals surface area (Å²) in [6.07, 6.45) is 0.280. The Morgan fingerprint density at radius 2 is 1.80 bits per heavy atom. The van der Waals surface area contributed by atoms with Crippen LogP contribution in [0.2, 0.25) is 0 Å². The largest absolute Gasteiger partial charge is 0.508 e. The molecule has 6 rings (SSSR count). The van der Waals surface area contributed by atoms with Gasteiger partial charge in [0.15, 0.2) is 0 Å². The number of aromatic nitrogens is 2. The quantitative estimate of drug-likeness (QED) is 0.286. The van der Waals surface area contributed by atoms with Gasteiger partial charge in [-0.25, -0.2) is 14.8 Å². The van der Waals surface area contributed by atoms with Crippen molar-refractivity contribution in [2.45, 2.75) is 52.0 Å². The van der Waals surface area contributed by atoms with E-state index in [1.54, 1.807) is 44.1 Å². The molecule has 0 bridgehead atoms. The van der Waals surface area contributed by atoms with Gasteiger partial charge in [-0.3, -0.25) is 14.7 Å². The number of H-pyrrole nitrogens is 1. The number of phenols is 1. The molecule has 11 nitrogen and oxygen atoms in total. The van der Waals surface area contributed by atoms with E-state index in [1.807, 2.05) is 62.4 Å². The van der Waals surface area contributed by atoms with Crippen LogP contribution in [0.4, 0.5) is 4.79 Å². The zero-order valence-electron chi connectivity index (χ0n) is 24.9. The van der Waals surface area contributed by atoms with Crippen LogP contribution in [0.15, 0.2) is 72.8 Å². The summed E-state index contributed by atoms with van der Waals surface area (Å²) in [7, 11) is 0. The molecule has 2 fully saturated rings. The van der Waals surface area contributed by atoms with E-state index >= 15 is 0 Å². The molecule has 228 valence electrons. The van der Waals surface area contributed by atoms with Crippen LogP contribution >= 0.6 is 0 Å². The Balaban J connectivity index is 1.36. The maximum Gasteiger partial charge on any atom is 0.334 e. The predicted molar refractivity (Wildman–Crippen MR) is 165 cm³/mol. The molecule has 0 saturated carbocycles. The number of para-hydroxylation sites is 1. The summed E-state index contributed by atoms with van der Waals surface area (Å²) in [6, 6.07) is 21.1. The topological polar surface area (TPSA) is 125 Å². The minimum atomic E-state index is -0.832. The molecule has 44 heavy (non-hydrogen) atoms. The first kappa shape index (κ1) is 29.2. The average molecular weight is 596 g/mol. The number of benzene rings is 3. The third kappa shape index (κ3) is 5.70. The number of fused-ring (bicyclic) bond motifs is 2. The Labute approximate surface area is 256 Å². The summed E-state index contributed by atoms with van der Waals surface area (Å²) < 4.78 is 0. The zero-order valence-corrected chi connectivity index (χ0v) is 24.9. The van der Waals surface area contributed by atoms with Gasteiger partial charge < -0.3 is 20.2 Å². The van der Waals surface area contributed by atoms with Gasteiger partial charge >= 0.3 is 6.03 Å². The minimum absolute atomic E-state index is 0.00478. The van der Waals surface area contributed by atoms with Gasteiger partial charge in [-0.05, 0) is 42.2 Å². The van der Waals surface area contributed by atoms with E-state index in [2.05, 4.69) is 15.5 Å². The molecule has 0 aliphatic carbocycles. The Morgan fingerprint density at radius 1 is 1.02 bits per heavy atom. The fourth-order valence-electron chi connectivity index (χ4n) is 6.27. The fraction of sp³-hybridized carbons (Fsp3) is 0.333. The molecule has 0 radical (unpaired) electrons. The molecule has 3 aromatic carbocycles. The third-order valence-corrected chi connectivity index (χ3v) is 8.41. The highest BCUT2D eigenvalue weighted by Gasteiger charge is 2.51. The summed E-state index contributed by atoms with van der Waals surface area (Å²) in [5.41, 5.74) is 4.40.